The van der Waals surface area contributed by atoms with E-state index in [1.54, 1.807) is 7.05 Å². The average molecular weight is 342 g/mol. The van der Waals surface area contributed by atoms with Crippen LogP contribution in [0.3, 0.4) is 0 Å². The van der Waals surface area contributed by atoms with Crippen molar-refractivity contribution in [3.8, 4) is 17.1 Å². The number of anilines is 1. The van der Waals surface area contributed by atoms with E-state index in [2.05, 4.69) is 15.3 Å². The molecule has 6 nitrogen and oxygen atoms in total. The summed E-state index contributed by atoms with van der Waals surface area (Å²) in [5.74, 6) is 1.11. The smallest absolute Gasteiger partial charge is 0.275 e. The van der Waals surface area contributed by atoms with Gasteiger partial charge in [-0.1, -0.05) is 31.9 Å². The number of aromatic amines is 1. The van der Waals surface area contributed by atoms with Crippen molar-refractivity contribution in [3.63, 3.8) is 0 Å². The zero-order valence-corrected chi connectivity index (χ0v) is 15.3. The summed E-state index contributed by atoms with van der Waals surface area (Å²) in [7, 11) is 1.66. The highest BCUT2D eigenvalue weighted by atomic mass is 16.5. The molecule has 134 valence electrons. The average Bonchev–Trinajstić information content (AvgIpc) is 2.60. The van der Waals surface area contributed by atoms with Crippen molar-refractivity contribution in [1.29, 1.82) is 5.41 Å². The number of rotatable bonds is 8. The molecule has 1 aromatic heterocycles. The molecule has 0 radical (unpaired) electrons. The lowest BCUT2D eigenvalue weighted by Gasteiger charge is -2.14. The molecule has 3 N–H and O–H groups in total. The molecular formula is C19H26N4O2. The summed E-state index contributed by atoms with van der Waals surface area (Å²) < 4.78 is 5.81. The topological polar surface area (TPSA) is 90.9 Å². The van der Waals surface area contributed by atoms with Crippen molar-refractivity contribution < 1.29 is 4.74 Å². The molecule has 1 aromatic carbocycles. The molecule has 0 aliphatic rings. The lowest BCUT2D eigenvalue weighted by molar-refractivity contribution is 0.318. The zero-order chi connectivity index (χ0) is 18.4. The summed E-state index contributed by atoms with van der Waals surface area (Å²) in [6.45, 7) is 6.61. The van der Waals surface area contributed by atoms with Crippen LogP contribution in [0.1, 0.15) is 44.4 Å². The summed E-state index contributed by atoms with van der Waals surface area (Å²) >= 11 is 0. The second-order valence-corrected chi connectivity index (χ2v) is 5.96. The van der Waals surface area contributed by atoms with Crippen LogP contribution in [-0.4, -0.2) is 29.3 Å². The van der Waals surface area contributed by atoms with E-state index in [1.165, 1.54) is 0 Å². The molecule has 0 fully saturated rings. The van der Waals surface area contributed by atoms with Gasteiger partial charge in [0, 0.05) is 7.05 Å². The molecule has 25 heavy (non-hydrogen) atoms. The molecule has 0 unspecified atom stereocenters. The fraction of sp³-hybridized carbons (Fsp3) is 0.421. The predicted molar refractivity (Wildman–Crippen MR) is 102 cm³/mol. The van der Waals surface area contributed by atoms with E-state index in [-0.39, 0.29) is 5.56 Å². The third-order valence-corrected chi connectivity index (χ3v) is 3.81. The Morgan fingerprint density at radius 3 is 2.72 bits per heavy atom. The standard InChI is InChI=1S/C19H26N4O2/c1-5-7-14(20)16-17(21-4)19(24)23-18(22-16)13-11-12(3)8-9-15(13)25-10-6-2/h8-9,11,20-21H,5-7,10H2,1-4H3,(H,22,23,24). The van der Waals surface area contributed by atoms with Crippen LogP contribution in [0.4, 0.5) is 5.69 Å². The summed E-state index contributed by atoms with van der Waals surface area (Å²) in [4.78, 5) is 19.9. The van der Waals surface area contributed by atoms with Gasteiger partial charge in [0.1, 0.15) is 23.0 Å². The van der Waals surface area contributed by atoms with Crippen molar-refractivity contribution in [2.75, 3.05) is 19.0 Å². The molecule has 0 amide bonds. The van der Waals surface area contributed by atoms with Crippen LogP contribution in [0.2, 0.25) is 0 Å². The number of benzene rings is 1. The van der Waals surface area contributed by atoms with E-state index >= 15 is 0 Å². The zero-order valence-electron chi connectivity index (χ0n) is 15.3. The van der Waals surface area contributed by atoms with Gasteiger partial charge in [0.2, 0.25) is 0 Å². The number of ether oxygens (including phenoxy) is 1. The SMILES string of the molecule is CCCOc1ccc(C)cc1-c1nc(C(=N)CCC)c(NC)c(=O)[nH]1. The van der Waals surface area contributed by atoms with E-state index in [0.29, 0.717) is 41.7 Å². The van der Waals surface area contributed by atoms with Gasteiger partial charge in [0.15, 0.2) is 0 Å². The Morgan fingerprint density at radius 2 is 2.08 bits per heavy atom. The summed E-state index contributed by atoms with van der Waals surface area (Å²) in [6, 6.07) is 5.80. The van der Waals surface area contributed by atoms with Crippen molar-refractivity contribution in [2.24, 2.45) is 0 Å². The van der Waals surface area contributed by atoms with Gasteiger partial charge in [-0.3, -0.25) is 4.79 Å². The maximum atomic E-state index is 12.5. The van der Waals surface area contributed by atoms with Gasteiger partial charge < -0.3 is 20.4 Å². The van der Waals surface area contributed by atoms with Crippen LogP contribution in [0.5, 0.6) is 5.75 Å². The third kappa shape index (κ3) is 4.26. The van der Waals surface area contributed by atoms with E-state index in [4.69, 9.17) is 10.1 Å². The lowest BCUT2D eigenvalue weighted by Crippen LogP contribution is -2.20. The van der Waals surface area contributed by atoms with Crippen LogP contribution in [-0.2, 0) is 0 Å². The molecule has 0 atom stereocenters. The highest BCUT2D eigenvalue weighted by Gasteiger charge is 2.17. The van der Waals surface area contributed by atoms with Crippen LogP contribution in [0.25, 0.3) is 11.4 Å². The number of aryl methyl sites for hydroxylation is 1. The largest absolute Gasteiger partial charge is 0.493 e. The molecule has 2 aromatic rings. The minimum Gasteiger partial charge on any atom is -0.493 e. The second kappa shape index (κ2) is 8.46. The van der Waals surface area contributed by atoms with E-state index in [1.807, 2.05) is 39.0 Å². The summed E-state index contributed by atoms with van der Waals surface area (Å²) in [6.07, 6.45) is 2.28. The van der Waals surface area contributed by atoms with Crippen molar-refractivity contribution in [3.05, 3.63) is 39.8 Å². The number of nitrogens with zero attached hydrogens (tertiary/aromatic N) is 1. The predicted octanol–water partition coefficient (Wildman–Crippen LogP) is 3.74. The van der Waals surface area contributed by atoms with Gasteiger partial charge in [-0.2, -0.15) is 0 Å². The first-order chi connectivity index (χ1) is 12.0. The number of H-pyrrole nitrogens is 1. The Labute approximate surface area is 148 Å². The molecule has 0 spiro atoms. The molecular weight excluding hydrogens is 316 g/mol. The van der Waals surface area contributed by atoms with E-state index < -0.39 is 0 Å². The number of nitrogens with one attached hydrogen (secondary N) is 3. The molecule has 0 aliphatic heterocycles. The molecule has 0 saturated heterocycles. The Balaban J connectivity index is 2.62. The minimum absolute atomic E-state index is 0.286. The van der Waals surface area contributed by atoms with E-state index in [9.17, 15) is 4.79 Å². The quantitative estimate of drug-likeness (QED) is 0.637. The Kier molecular flexibility index (Phi) is 6.33. The van der Waals surface area contributed by atoms with Crippen molar-refractivity contribution in [2.45, 2.75) is 40.0 Å². The van der Waals surface area contributed by atoms with Crippen LogP contribution in [0.15, 0.2) is 23.0 Å². The molecule has 6 heteroatoms. The maximum absolute atomic E-state index is 12.5. The fourth-order valence-electron chi connectivity index (χ4n) is 2.59. The second-order valence-electron chi connectivity index (χ2n) is 5.96. The minimum atomic E-state index is -0.286. The first kappa shape index (κ1) is 18.7. The third-order valence-electron chi connectivity index (χ3n) is 3.81. The molecule has 0 aliphatic carbocycles. The summed E-state index contributed by atoms with van der Waals surface area (Å²) in [5.41, 5.74) is 2.56. The van der Waals surface area contributed by atoms with Gasteiger partial charge in [-0.25, -0.2) is 4.98 Å². The van der Waals surface area contributed by atoms with Crippen LogP contribution >= 0.6 is 0 Å². The van der Waals surface area contributed by atoms with Gasteiger partial charge in [0.05, 0.1) is 17.9 Å². The van der Waals surface area contributed by atoms with Crippen LogP contribution < -0.4 is 15.6 Å². The summed E-state index contributed by atoms with van der Waals surface area (Å²) in [5, 5.41) is 11.1. The van der Waals surface area contributed by atoms with Gasteiger partial charge in [0.25, 0.3) is 5.56 Å². The maximum Gasteiger partial charge on any atom is 0.275 e. The number of aromatic nitrogens is 2. The van der Waals surface area contributed by atoms with E-state index in [0.717, 1.165) is 24.0 Å². The van der Waals surface area contributed by atoms with Crippen LogP contribution in [0, 0.1) is 12.3 Å². The van der Waals surface area contributed by atoms with Gasteiger partial charge in [-0.05, 0) is 31.9 Å². The highest BCUT2D eigenvalue weighted by Crippen LogP contribution is 2.29. The Morgan fingerprint density at radius 1 is 1.32 bits per heavy atom. The van der Waals surface area contributed by atoms with Crippen molar-refractivity contribution >= 4 is 11.4 Å². The molecule has 1 heterocycles. The Hall–Kier alpha value is -2.63. The number of hydrogen-bond acceptors (Lipinski definition) is 5. The Bertz CT molecular complexity index is 812. The number of hydrogen-bond donors (Lipinski definition) is 3. The molecule has 0 saturated carbocycles. The molecule has 0 bridgehead atoms. The van der Waals surface area contributed by atoms with Gasteiger partial charge >= 0.3 is 0 Å². The molecule has 2 rings (SSSR count). The highest BCUT2D eigenvalue weighted by molar-refractivity contribution is 6.01. The normalized spacial score (nSPS) is 10.6. The van der Waals surface area contributed by atoms with Gasteiger partial charge in [-0.15, -0.1) is 0 Å². The van der Waals surface area contributed by atoms with Crippen molar-refractivity contribution in [1.82, 2.24) is 9.97 Å². The fourth-order valence-corrected chi connectivity index (χ4v) is 2.59. The first-order valence-electron chi connectivity index (χ1n) is 8.65. The monoisotopic (exact) mass is 342 g/mol. The lowest BCUT2D eigenvalue weighted by atomic mass is 10.1. The first-order valence-corrected chi connectivity index (χ1v) is 8.65.